The van der Waals surface area contributed by atoms with E-state index in [4.69, 9.17) is 21.1 Å². The SMILES string of the molecule is COc1ccccc1CNc1nccc(Nc2cc(C)c(Cl)cc2OC)n1. The fraction of sp³-hybridized carbons (Fsp3) is 0.200. The zero-order chi connectivity index (χ0) is 19.2. The lowest BCUT2D eigenvalue weighted by molar-refractivity contribution is 0.410. The van der Waals surface area contributed by atoms with Crippen molar-refractivity contribution in [1.82, 2.24) is 9.97 Å². The van der Waals surface area contributed by atoms with Crippen LogP contribution in [0.3, 0.4) is 0 Å². The molecular formula is C20H21ClN4O2. The molecule has 0 unspecified atom stereocenters. The molecule has 2 N–H and O–H groups in total. The van der Waals surface area contributed by atoms with E-state index in [2.05, 4.69) is 20.6 Å². The number of nitrogens with zero attached hydrogens (tertiary/aromatic N) is 2. The van der Waals surface area contributed by atoms with Crippen molar-refractivity contribution in [1.29, 1.82) is 0 Å². The van der Waals surface area contributed by atoms with Crippen LogP contribution >= 0.6 is 11.6 Å². The molecule has 0 aliphatic carbocycles. The van der Waals surface area contributed by atoms with E-state index in [1.807, 2.05) is 37.3 Å². The van der Waals surface area contributed by atoms with E-state index in [0.29, 0.717) is 29.1 Å². The Balaban J connectivity index is 1.75. The van der Waals surface area contributed by atoms with E-state index in [-0.39, 0.29) is 0 Å². The van der Waals surface area contributed by atoms with Crippen molar-refractivity contribution in [2.24, 2.45) is 0 Å². The number of halogens is 1. The second-order valence-corrected chi connectivity index (χ2v) is 6.26. The summed E-state index contributed by atoms with van der Waals surface area (Å²) in [5, 5.41) is 7.12. The minimum atomic E-state index is 0.510. The summed E-state index contributed by atoms with van der Waals surface area (Å²) in [6.07, 6.45) is 1.69. The molecule has 3 aromatic rings. The van der Waals surface area contributed by atoms with Crippen LogP contribution in [0.5, 0.6) is 11.5 Å². The number of hydrogen-bond acceptors (Lipinski definition) is 6. The highest BCUT2D eigenvalue weighted by atomic mass is 35.5. The van der Waals surface area contributed by atoms with Gasteiger partial charge in [-0.1, -0.05) is 29.8 Å². The molecule has 0 bridgehead atoms. The second-order valence-electron chi connectivity index (χ2n) is 5.86. The molecule has 3 rings (SSSR count). The molecule has 0 atom stereocenters. The summed E-state index contributed by atoms with van der Waals surface area (Å²) in [5.41, 5.74) is 2.76. The normalized spacial score (nSPS) is 10.4. The number of ether oxygens (including phenoxy) is 2. The molecular weight excluding hydrogens is 364 g/mol. The quantitative estimate of drug-likeness (QED) is 0.609. The lowest BCUT2D eigenvalue weighted by Crippen LogP contribution is -2.06. The number of aromatic nitrogens is 2. The van der Waals surface area contributed by atoms with Crippen molar-refractivity contribution in [3.63, 3.8) is 0 Å². The Labute approximate surface area is 163 Å². The third-order valence-corrected chi connectivity index (χ3v) is 4.44. The number of rotatable bonds is 7. The van der Waals surface area contributed by atoms with Gasteiger partial charge in [0.15, 0.2) is 0 Å². The predicted octanol–water partition coefficient (Wildman–Crippen LogP) is 4.81. The molecule has 6 nitrogen and oxygen atoms in total. The highest BCUT2D eigenvalue weighted by Gasteiger charge is 2.09. The van der Waals surface area contributed by atoms with Gasteiger partial charge in [-0.2, -0.15) is 4.98 Å². The Morgan fingerprint density at radius 1 is 1.04 bits per heavy atom. The molecule has 0 saturated heterocycles. The van der Waals surface area contributed by atoms with E-state index in [1.54, 1.807) is 32.5 Å². The molecule has 0 saturated carbocycles. The number of benzene rings is 2. The van der Waals surface area contributed by atoms with Crippen LogP contribution in [-0.4, -0.2) is 24.2 Å². The Kier molecular flexibility index (Phi) is 5.98. The molecule has 7 heteroatoms. The Bertz CT molecular complexity index is 934. The smallest absolute Gasteiger partial charge is 0.224 e. The summed E-state index contributed by atoms with van der Waals surface area (Å²) in [7, 11) is 3.26. The van der Waals surface area contributed by atoms with Gasteiger partial charge in [0.05, 0.1) is 19.9 Å². The van der Waals surface area contributed by atoms with Crippen LogP contribution in [0.25, 0.3) is 0 Å². The van der Waals surface area contributed by atoms with Gasteiger partial charge in [0.1, 0.15) is 17.3 Å². The standard InChI is InChI=1S/C20H21ClN4O2/c1-13-10-16(18(27-3)11-15(13)21)24-19-8-9-22-20(25-19)23-12-14-6-4-5-7-17(14)26-2/h4-11H,12H2,1-3H3,(H2,22,23,24,25). The van der Waals surface area contributed by atoms with Gasteiger partial charge in [0.25, 0.3) is 0 Å². The maximum Gasteiger partial charge on any atom is 0.224 e. The van der Waals surface area contributed by atoms with Crippen LogP contribution in [0.4, 0.5) is 17.5 Å². The Morgan fingerprint density at radius 3 is 2.59 bits per heavy atom. The van der Waals surface area contributed by atoms with Crippen LogP contribution in [0.15, 0.2) is 48.7 Å². The number of nitrogens with one attached hydrogen (secondary N) is 2. The van der Waals surface area contributed by atoms with Crippen molar-refractivity contribution in [2.75, 3.05) is 24.9 Å². The largest absolute Gasteiger partial charge is 0.496 e. The van der Waals surface area contributed by atoms with Crippen molar-refractivity contribution in [2.45, 2.75) is 13.5 Å². The fourth-order valence-corrected chi connectivity index (χ4v) is 2.76. The van der Waals surface area contributed by atoms with Crippen LogP contribution in [0, 0.1) is 6.92 Å². The Morgan fingerprint density at radius 2 is 1.81 bits per heavy atom. The molecule has 27 heavy (non-hydrogen) atoms. The summed E-state index contributed by atoms with van der Waals surface area (Å²) >= 11 is 6.16. The molecule has 0 fully saturated rings. The van der Waals surface area contributed by atoms with E-state index in [0.717, 1.165) is 22.6 Å². The molecule has 1 heterocycles. The first-order chi connectivity index (χ1) is 13.1. The van der Waals surface area contributed by atoms with E-state index >= 15 is 0 Å². The first-order valence-electron chi connectivity index (χ1n) is 8.40. The summed E-state index contributed by atoms with van der Waals surface area (Å²) in [4.78, 5) is 8.77. The molecule has 0 spiro atoms. The topological polar surface area (TPSA) is 68.3 Å². The van der Waals surface area contributed by atoms with Gasteiger partial charge in [-0.05, 0) is 30.7 Å². The lowest BCUT2D eigenvalue weighted by Gasteiger charge is -2.13. The third kappa shape index (κ3) is 4.60. The van der Waals surface area contributed by atoms with Crippen molar-refractivity contribution in [3.8, 4) is 11.5 Å². The minimum absolute atomic E-state index is 0.510. The van der Waals surface area contributed by atoms with Gasteiger partial charge in [0.2, 0.25) is 5.95 Å². The number of para-hydroxylation sites is 1. The van der Waals surface area contributed by atoms with Crippen molar-refractivity contribution < 1.29 is 9.47 Å². The maximum absolute atomic E-state index is 6.16. The van der Waals surface area contributed by atoms with E-state index in [1.165, 1.54) is 0 Å². The predicted molar refractivity (Wildman–Crippen MR) is 108 cm³/mol. The first-order valence-corrected chi connectivity index (χ1v) is 8.78. The first kappa shape index (κ1) is 18.8. The third-order valence-electron chi connectivity index (χ3n) is 4.03. The Hall–Kier alpha value is -2.99. The van der Waals surface area contributed by atoms with E-state index < -0.39 is 0 Å². The van der Waals surface area contributed by atoms with Gasteiger partial charge in [-0.25, -0.2) is 4.98 Å². The second kappa shape index (κ2) is 8.60. The van der Waals surface area contributed by atoms with E-state index in [9.17, 15) is 0 Å². The van der Waals surface area contributed by atoms with Gasteiger partial charge in [-0.3, -0.25) is 0 Å². The monoisotopic (exact) mass is 384 g/mol. The van der Waals surface area contributed by atoms with Gasteiger partial charge >= 0.3 is 0 Å². The molecule has 0 amide bonds. The molecule has 1 aromatic heterocycles. The van der Waals surface area contributed by atoms with Gasteiger partial charge < -0.3 is 20.1 Å². The highest BCUT2D eigenvalue weighted by Crippen LogP contribution is 2.32. The average Bonchev–Trinajstić information content (AvgIpc) is 2.69. The number of aryl methyl sites for hydroxylation is 1. The minimum Gasteiger partial charge on any atom is -0.496 e. The van der Waals surface area contributed by atoms with Gasteiger partial charge in [0, 0.05) is 29.4 Å². The average molecular weight is 385 g/mol. The molecule has 0 radical (unpaired) electrons. The number of methoxy groups -OCH3 is 2. The molecule has 140 valence electrons. The fourth-order valence-electron chi connectivity index (χ4n) is 2.60. The number of anilines is 3. The summed E-state index contributed by atoms with van der Waals surface area (Å²) < 4.78 is 10.8. The molecule has 0 aliphatic rings. The highest BCUT2D eigenvalue weighted by molar-refractivity contribution is 6.31. The van der Waals surface area contributed by atoms with Crippen LogP contribution in [-0.2, 0) is 6.54 Å². The van der Waals surface area contributed by atoms with Crippen LogP contribution < -0.4 is 20.1 Å². The van der Waals surface area contributed by atoms with Gasteiger partial charge in [-0.15, -0.1) is 0 Å². The zero-order valence-electron chi connectivity index (χ0n) is 15.4. The summed E-state index contributed by atoms with van der Waals surface area (Å²) in [5.74, 6) is 2.62. The maximum atomic E-state index is 6.16. The lowest BCUT2D eigenvalue weighted by atomic mass is 10.2. The van der Waals surface area contributed by atoms with Crippen molar-refractivity contribution >= 4 is 29.1 Å². The zero-order valence-corrected chi connectivity index (χ0v) is 16.2. The number of hydrogen-bond donors (Lipinski definition) is 2. The molecule has 0 aliphatic heterocycles. The van der Waals surface area contributed by atoms with Crippen LogP contribution in [0.2, 0.25) is 5.02 Å². The van der Waals surface area contributed by atoms with Crippen LogP contribution in [0.1, 0.15) is 11.1 Å². The molecule has 2 aromatic carbocycles. The summed E-state index contributed by atoms with van der Waals surface area (Å²) in [6, 6.07) is 13.3. The van der Waals surface area contributed by atoms with Crippen molar-refractivity contribution in [3.05, 3.63) is 64.8 Å². The summed E-state index contributed by atoms with van der Waals surface area (Å²) in [6.45, 7) is 2.49.